The highest BCUT2D eigenvalue weighted by Gasteiger charge is 2.01. The van der Waals surface area contributed by atoms with Gasteiger partial charge in [-0.3, -0.25) is 4.79 Å². The number of rotatable bonds is 4. The maximum Gasteiger partial charge on any atom is 0.156 e. The number of hydrogen-bond donors (Lipinski definition) is 1. The summed E-state index contributed by atoms with van der Waals surface area (Å²) >= 11 is 0. The summed E-state index contributed by atoms with van der Waals surface area (Å²) in [6.07, 6.45) is 1.86. The van der Waals surface area contributed by atoms with E-state index in [1.165, 1.54) is 0 Å². The fourth-order valence-corrected chi connectivity index (χ4v) is 0.744. The highest BCUT2D eigenvalue weighted by atomic mass is 16.1. The van der Waals surface area contributed by atoms with Gasteiger partial charge in [-0.25, -0.2) is 0 Å². The lowest BCUT2D eigenvalue weighted by atomic mass is 10.2. The molecule has 0 radical (unpaired) electrons. The van der Waals surface area contributed by atoms with Crippen LogP contribution in [0.15, 0.2) is 11.6 Å². The first-order valence-corrected chi connectivity index (χ1v) is 3.97. The molecule has 0 unspecified atom stereocenters. The van der Waals surface area contributed by atoms with Gasteiger partial charge in [0.05, 0.1) is 0 Å². The van der Waals surface area contributed by atoms with Crippen molar-refractivity contribution in [1.29, 1.82) is 0 Å². The van der Waals surface area contributed by atoms with E-state index in [9.17, 15) is 4.79 Å². The Bertz CT molecular complexity index is 159. The number of ketones is 1. The standard InChI is InChI=1S/C9H17NO/c1-5-9(8(4)11)6-10-7(2)3/h5,7,10H,6H2,1-4H3/b9-5+. The summed E-state index contributed by atoms with van der Waals surface area (Å²) in [5.41, 5.74) is 0.860. The topological polar surface area (TPSA) is 29.1 Å². The van der Waals surface area contributed by atoms with Gasteiger partial charge < -0.3 is 5.32 Å². The van der Waals surface area contributed by atoms with Gasteiger partial charge in [0.2, 0.25) is 0 Å². The summed E-state index contributed by atoms with van der Waals surface area (Å²) in [6, 6.07) is 0.435. The molecule has 0 spiro atoms. The Hall–Kier alpha value is -0.630. The van der Waals surface area contributed by atoms with Crippen molar-refractivity contribution in [2.75, 3.05) is 6.54 Å². The largest absolute Gasteiger partial charge is 0.310 e. The van der Waals surface area contributed by atoms with Gasteiger partial charge in [0.25, 0.3) is 0 Å². The third kappa shape index (κ3) is 4.73. The van der Waals surface area contributed by atoms with E-state index in [1.807, 2.05) is 13.0 Å². The van der Waals surface area contributed by atoms with E-state index >= 15 is 0 Å². The molecule has 0 aliphatic heterocycles. The lowest BCUT2D eigenvalue weighted by molar-refractivity contribution is -0.113. The molecule has 0 amide bonds. The Morgan fingerprint density at radius 3 is 2.36 bits per heavy atom. The summed E-state index contributed by atoms with van der Waals surface area (Å²) in [4.78, 5) is 10.9. The average molecular weight is 155 g/mol. The van der Waals surface area contributed by atoms with E-state index in [0.717, 1.165) is 5.57 Å². The molecule has 0 fully saturated rings. The molecule has 0 aromatic rings. The van der Waals surface area contributed by atoms with E-state index in [0.29, 0.717) is 12.6 Å². The molecule has 11 heavy (non-hydrogen) atoms. The predicted molar refractivity (Wildman–Crippen MR) is 47.6 cm³/mol. The van der Waals surface area contributed by atoms with E-state index in [4.69, 9.17) is 0 Å². The zero-order chi connectivity index (χ0) is 8.85. The van der Waals surface area contributed by atoms with Crippen LogP contribution in [-0.4, -0.2) is 18.4 Å². The second-order valence-corrected chi connectivity index (χ2v) is 2.91. The quantitative estimate of drug-likeness (QED) is 0.624. The van der Waals surface area contributed by atoms with Crippen LogP contribution >= 0.6 is 0 Å². The first-order chi connectivity index (χ1) is 5.07. The first kappa shape index (κ1) is 10.4. The van der Waals surface area contributed by atoms with E-state index in [1.54, 1.807) is 6.92 Å². The normalized spacial score (nSPS) is 12.3. The van der Waals surface area contributed by atoms with Gasteiger partial charge in [-0.1, -0.05) is 19.9 Å². The smallest absolute Gasteiger partial charge is 0.156 e. The maximum atomic E-state index is 10.9. The fraction of sp³-hybridized carbons (Fsp3) is 0.667. The number of nitrogens with one attached hydrogen (secondary N) is 1. The summed E-state index contributed by atoms with van der Waals surface area (Å²) < 4.78 is 0. The molecule has 2 nitrogen and oxygen atoms in total. The zero-order valence-corrected chi connectivity index (χ0v) is 7.77. The molecular formula is C9H17NO. The van der Waals surface area contributed by atoms with Gasteiger partial charge in [-0.05, 0) is 13.8 Å². The Labute approximate surface area is 68.7 Å². The molecule has 64 valence electrons. The van der Waals surface area contributed by atoms with Crippen molar-refractivity contribution in [3.8, 4) is 0 Å². The van der Waals surface area contributed by atoms with Crippen LogP contribution < -0.4 is 5.32 Å². The van der Waals surface area contributed by atoms with Crippen molar-refractivity contribution in [3.05, 3.63) is 11.6 Å². The molecule has 0 aromatic heterocycles. The van der Waals surface area contributed by atoms with Gasteiger partial charge >= 0.3 is 0 Å². The van der Waals surface area contributed by atoms with E-state index < -0.39 is 0 Å². The molecule has 2 heteroatoms. The minimum atomic E-state index is 0.153. The third-order valence-corrected chi connectivity index (χ3v) is 1.50. The Morgan fingerprint density at radius 2 is 2.09 bits per heavy atom. The lowest BCUT2D eigenvalue weighted by Gasteiger charge is -2.08. The molecule has 0 aliphatic carbocycles. The summed E-state index contributed by atoms with van der Waals surface area (Å²) in [5, 5.41) is 3.19. The average Bonchev–Trinajstić information content (AvgIpc) is 1.87. The summed E-state index contributed by atoms with van der Waals surface area (Å²) in [6.45, 7) is 8.29. The number of hydrogen-bond acceptors (Lipinski definition) is 2. The van der Waals surface area contributed by atoms with Crippen LogP contribution in [0.2, 0.25) is 0 Å². The number of Topliss-reactive ketones (excluding diaryl/α,β-unsaturated/α-hetero) is 1. The summed E-state index contributed by atoms with van der Waals surface area (Å²) in [7, 11) is 0. The van der Waals surface area contributed by atoms with Crippen LogP contribution in [0, 0.1) is 0 Å². The molecule has 0 aliphatic rings. The molecule has 0 bridgehead atoms. The highest BCUT2D eigenvalue weighted by Crippen LogP contribution is 1.94. The van der Waals surface area contributed by atoms with Gasteiger partial charge in [-0.2, -0.15) is 0 Å². The molecule has 0 saturated heterocycles. The van der Waals surface area contributed by atoms with Crippen LogP contribution in [0.1, 0.15) is 27.7 Å². The van der Waals surface area contributed by atoms with Crippen molar-refractivity contribution in [1.82, 2.24) is 5.32 Å². The minimum Gasteiger partial charge on any atom is -0.310 e. The van der Waals surface area contributed by atoms with Gasteiger partial charge in [-0.15, -0.1) is 0 Å². The summed E-state index contributed by atoms with van der Waals surface area (Å²) in [5.74, 6) is 0.153. The molecular weight excluding hydrogens is 138 g/mol. The lowest BCUT2D eigenvalue weighted by Crippen LogP contribution is -2.26. The van der Waals surface area contributed by atoms with Crippen LogP contribution in [0.5, 0.6) is 0 Å². The molecule has 0 heterocycles. The van der Waals surface area contributed by atoms with Crippen molar-refractivity contribution >= 4 is 5.78 Å². The second-order valence-electron chi connectivity index (χ2n) is 2.91. The SMILES string of the molecule is C/C=C(\CNC(C)C)C(C)=O. The zero-order valence-electron chi connectivity index (χ0n) is 7.77. The molecule has 0 atom stereocenters. The Kier molecular flexibility index (Phi) is 4.79. The van der Waals surface area contributed by atoms with Crippen molar-refractivity contribution in [2.24, 2.45) is 0 Å². The Morgan fingerprint density at radius 1 is 1.55 bits per heavy atom. The molecule has 0 aromatic carbocycles. The highest BCUT2D eigenvalue weighted by molar-refractivity contribution is 5.93. The van der Waals surface area contributed by atoms with Crippen molar-refractivity contribution in [3.63, 3.8) is 0 Å². The van der Waals surface area contributed by atoms with Crippen molar-refractivity contribution in [2.45, 2.75) is 33.7 Å². The van der Waals surface area contributed by atoms with Crippen LogP contribution in [0.4, 0.5) is 0 Å². The van der Waals surface area contributed by atoms with Crippen LogP contribution in [0.3, 0.4) is 0 Å². The monoisotopic (exact) mass is 155 g/mol. The maximum absolute atomic E-state index is 10.9. The Balaban J connectivity index is 3.82. The molecule has 0 rings (SSSR count). The molecule has 0 saturated carbocycles. The van der Waals surface area contributed by atoms with Gasteiger partial charge in [0.15, 0.2) is 5.78 Å². The number of carbonyl (C=O) groups excluding carboxylic acids is 1. The van der Waals surface area contributed by atoms with Gasteiger partial charge in [0.1, 0.15) is 0 Å². The predicted octanol–water partition coefficient (Wildman–Crippen LogP) is 1.52. The van der Waals surface area contributed by atoms with Crippen LogP contribution in [-0.2, 0) is 4.79 Å². The minimum absolute atomic E-state index is 0.153. The van der Waals surface area contributed by atoms with E-state index in [2.05, 4.69) is 19.2 Å². The molecule has 1 N–H and O–H groups in total. The van der Waals surface area contributed by atoms with Gasteiger partial charge in [0, 0.05) is 18.2 Å². The fourth-order valence-electron chi connectivity index (χ4n) is 0.744. The van der Waals surface area contributed by atoms with E-state index in [-0.39, 0.29) is 5.78 Å². The number of allylic oxidation sites excluding steroid dienone is 1. The number of carbonyl (C=O) groups is 1. The van der Waals surface area contributed by atoms with Crippen molar-refractivity contribution < 1.29 is 4.79 Å². The third-order valence-electron chi connectivity index (χ3n) is 1.50. The second kappa shape index (κ2) is 5.08. The first-order valence-electron chi connectivity index (χ1n) is 3.97. The van der Waals surface area contributed by atoms with Crippen LogP contribution in [0.25, 0.3) is 0 Å².